The Morgan fingerprint density at radius 1 is 1.27 bits per heavy atom. The number of anilines is 2. The van der Waals surface area contributed by atoms with Crippen LogP contribution < -0.4 is 5.32 Å². The van der Waals surface area contributed by atoms with E-state index in [2.05, 4.69) is 15.3 Å². The minimum atomic E-state index is -3.56. The number of sulfone groups is 1. The first-order valence-corrected chi connectivity index (χ1v) is 8.70. The van der Waals surface area contributed by atoms with E-state index in [1.165, 1.54) is 17.7 Å². The van der Waals surface area contributed by atoms with Crippen molar-refractivity contribution in [2.45, 2.75) is 18.2 Å². The Morgan fingerprint density at radius 2 is 2.00 bits per heavy atom. The van der Waals surface area contributed by atoms with Gasteiger partial charge in [-0.25, -0.2) is 13.4 Å². The number of nitrogens with one attached hydrogen (secondary N) is 1. The van der Waals surface area contributed by atoms with Crippen LogP contribution in [0.1, 0.15) is 13.3 Å². The van der Waals surface area contributed by atoms with Crippen molar-refractivity contribution < 1.29 is 8.42 Å². The van der Waals surface area contributed by atoms with Gasteiger partial charge in [-0.2, -0.15) is 4.98 Å². The molecule has 1 heterocycles. The average molecular weight is 358 g/mol. The lowest BCUT2D eigenvalue weighted by atomic mass is 10.3. The van der Waals surface area contributed by atoms with Crippen molar-refractivity contribution >= 4 is 44.5 Å². The smallest absolute Gasteiger partial charge is 0.224 e. The molecule has 0 radical (unpaired) electrons. The summed E-state index contributed by atoms with van der Waals surface area (Å²) in [5.41, 5.74) is 0.361. The Labute approximate surface area is 138 Å². The van der Waals surface area contributed by atoms with Crippen LogP contribution in [0.25, 0.3) is 0 Å². The van der Waals surface area contributed by atoms with Crippen molar-refractivity contribution in [2.24, 2.45) is 0 Å². The number of allylic oxidation sites excluding steroid dienone is 1. The Balaban J connectivity index is 2.45. The van der Waals surface area contributed by atoms with Gasteiger partial charge in [-0.15, -0.1) is 0 Å². The number of para-hydroxylation sites is 1. The summed E-state index contributed by atoms with van der Waals surface area (Å²) in [4.78, 5) is 7.83. The SMILES string of the molecule is CC/C=C/S(=O)(=O)c1ccccc1Nc1nc(Cl)ncc1Cl. The number of rotatable bonds is 5. The first kappa shape index (κ1) is 16.7. The van der Waals surface area contributed by atoms with Gasteiger partial charge in [0.25, 0.3) is 0 Å². The van der Waals surface area contributed by atoms with E-state index in [4.69, 9.17) is 23.2 Å². The minimum Gasteiger partial charge on any atom is -0.338 e. The molecule has 0 aliphatic heterocycles. The Kier molecular flexibility index (Phi) is 5.39. The normalized spacial score (nSPS) is 11.8. The van der Waals surface area contributed by atoms with Crippen molar-refractivity contribution in [1.29, 1.82) is 0 Å². The van der Waals surface area contributed by atoms with E-state index in [0.29, 0.717) is 12.1 Å². The van der Waals surface area contributed by atoms with Crippen molar-refractivity contribution in [1.82, 2.24) is 9.97 Å². The predicted octanol–water partition coefficient (Wildman–Crippen LogP) is 4.22. The highest BCUT2D eigenvalue weighted by atomic mass is 35.5. The molecular weight excluding hydrogens is 345 g/mol. The molecule has 0 unspecified atom stereocenters. The van der Waals surface area contributed by atoms with Crippen LogP contribution in [0.5, 0.6) is 0 Å². The molecule has 8 heteroatoms. The quantitative estimate of drug-likeness (QED) is 0.810. The van der Waals surface area contributed by atoms with Crippen molar-refractivity contribution in [3.8, 4) is 0 Å². The molecule has 0 bridgehead atoms. The third-order valence-electron chi connectivity index (χ3n) is 2.67. The van der Waals surface area contributed by atoms with E-state index in [-0.39, 0.29) is 21.0 Å². The van der Waals surface area contributed by atoms with Crippen LogP contribution in [-0.2, 0) is 9.84 Å². The largest absolute Gasteiger partial charge is 0.338 e. The molecule has 2 rings (SSSR count). The fraction of sp³-hybridized carbons (Fsp3) is 0.143. The summed E-state index contributed by atoms with van der Waals surface area (Å²) in [5, 5.41) is 4.32. The van der Waals surface area contributed by atoms with Gasteiger partial charge >= 0.3 is 0 Å². The van der Waals surface area contributed by atoms with Crippen LogP contribution in [0.2, 0.25) is 10.3 Å². The summed E-state index contributed by atoms with van der Waals surface area (Å²) in [6.45, 7) is 1.86. The van der Waals surface area contributed by atoms with E-state index in [1.807, 2.05) is 6.92 Å². The van der Waals surface area contributed by atoms with Gasteiger partial charge in [-0.3, -0.25) is 0 Å². The molecule has 0 aliphatic rings. The topological polar surface area (TPSA) is 72.0 Å². The van der Waals surface area contributed by atoms with Crippen molar-refractivity contribution in [2.75, 3.05) is 5.32 Å². The van der Waals surface area contributed by atoms with Crippen LogP contribution in [0.3, 0.4) is 0 Å². The third kappa shape index (κ3) is 3.97. The standard InChI is InChI=1S/C14H13Cl2N3O2S/c1-2-3-8-22(20,21)12-7-5-4-6-11(12)18-13-10(15)9-17-14(16)19-13/h3-9H,2H2,1H3,(H,17,18,19)/b8-3+. The summed E-state index contributed by atoms with van der Waals surface area (Å²) < 4.78 is 24.7. The van der Waals surface area contributed by atoms with Crippen molar-refractivity contribution in [3.63, 3.8) is 0 Å². The van der Waals surface area contributed by atoms with Crippen LogP contribution in [0.4, 0.5) is 11.5 Å². The second kappa shape index (κ2) is 7.09. The van der Waals surface area contributed by atoms with Crippen LogP contribution in [0, 0.1) is 0 Å². The summed E-state index contributed by atoms with van der Waals surface area (Å²) in [5.74, 6) is 0.240. The zero-order valence-electron chi connectivity index (χ0n) is 11.6. The van der Waals surface area contributed by atoms with Gasteiger partial charge in [0.15, 0.2) is 5.82 Å². The first-order chi connectivity index (χ1) is 10.4. The fourth-order valence-electron chi connectivity index (χ4n) is 1.68. The molecule has 5 nitrogen and oxygen atoms in total. The van der Waals surface area contributed by atoms with Crippen molar-refractivity contribution in [3.05, 3.63) is 52.3 Å². The van der Waals surface area contributed by atoms with Gasteiger partial charge in [-0.05, 0) is 30.2 Å². The molecule has 1 aromatic carbocycles. The molecule has 22 heavy (non-hydrogen) atoms. The maximum atomic E-state index is 12.3. The molecule has 0 saturated carbocycles. The Hall–Kier alpha value is -1.63. The maximum Gasteiger partial charge on any atom is 0.224 e. The second-order valence-electron chi connectivity index (χ2n) is 4.28. The van der Waals surface area contributed by atoms with E-state index in [1.54, 1.807) is 24.3 Å². The van der Waals surface area contributed by atoms with E-state index in [0.717, 1.165) is 0 Å². The maximum absolute atomic E-state index is 12.3. The number of hydrogen-bond acceptors (Lipinski definition) is 5. The molecule has 2 aromatic rings. The summed E-state index contributed by atoms with van der Waals surface area (Å²) in [6, 6.07) is 6.49. The second-order valence-corrected chi connectivity index (χ2v) is 6.83. The monoisotopic (exact) mass is 357 g/mol. The predicted molar refractivity (Wildman–Crippen MR) is 88.4 cm³/mol. The first-order valence-electron chi connectivity index (χ1n) is 6.39. The van der Waals surface area contributed by atoms with Gasteiger partial charge in [-0.1, -0.05) is 36.7 Å². The number of aromatic nitrogens is 2. The molecule has 1 N–H and O–H groups in total. The number of hydrogen-bond donors (Lipinski definition) is 1. The lowest BCUT2D eigenvalue weighted by molar-refractivity contribution is 0.605. The highest BCUT2D eigenvalue weighted by molar-refractivity contribution is 7.94. The average Bonchev–Trinajstić information content (AvgIpc) is 2.49. The van der Waals surface area contributed by atoms with E-state index < -0.39 is 9.84 Å². The number of nitrogens with zero attached hydrogens (tertiary/aromatic N) is 2. The number of halogens is 2. The molecule has 0 aliphatic carbocycles. The molecule has 116 valence electrons. The van der Waals surface area contributed by atoms with Crippen LogP contribution in [-0.4, -0.2) is 18.4 Å². The van der Waals surface area contributed by atoms with Gasteiger partial charge < -0.3 is 5.32 Å². The van der Waals surface area contributed by atoms with Crippen LogP contribution >= 0.6 is 23.2 Å². The molecule has 0 saturated heterocycles. The highest BCUT2D eigenvalue weighted by Crippen LogP contribution is 2.29. The van der Waals surface area contributed by atoms with Crippen LogP contribution in [0.15, 0.2) is 46.8 Å². The zero-order chi connectivity index (χ0) is 16.2. The summed E-state index contributed by atoms with van der Waals surface area (Å²) >= 11 is 11.7. The molecule has 1 aromatic heterocycles. The summed E-state index contributed by atoms with van der Waals surface area (Å²) in [6.07, 6.45) is 3.55. The molecule has 0 atom stereocenters. The van der Waals surface area contributed by atoms with E-state index >= 15 is 0 Å². The van der Waals surface area contributed by atoms with Gasteiger partial charge in [0, 0.05) is 5.41 Å². The minimum absolute atomic E-state index is 0.0121. The summed E-state index contributed by atoms with van der Waals surface area (Å²) in [7, 11) is -3.56. The third-order valence-corrected chi connectivity index (χ3v) is 4.65. The molecular formula is C14H13Cl2N3O2S. The van der Waals surface area contributed by atoms with Gasteiger partial charge in [0.1, 0.15) is 5.02 Å². The molecule has 0 fully saturated rings. The van der Waals surface area contributed by atoms with Gasteiger partial charge in [0.05, 0.1) is 16.8 Å². The molecule has 0 spiro atoms. The molecule has 0 amide bonds. The number of benzene rings is 1. The Bertz CT molecular complexity index is 807. The lowest BCUT2D eigenvalue weighted by Crippen LogP contribution is -2.03. The Morgan fingerprint density at radius 3 is 2.73 bits per heavy atom. The van der Waals surface area contributed by atoms with E-state index in [9.17, 15) is 8.42 Å². The zero-order valence-corrected chi connectivity index (χ0v) is 14.0. The lowest BCUT2D eigenvalue weighted by Gasteiger charge is -2.11. The fourth-order valence-corrected chi connectivity index (χ4v) is 3.23. The van der Waals surface area contributed by atoms with Gasteiger partial charge in [0.2, 0.25) is 15.1 Å². The highest BCUT2D eigenvalue weighted by Gasteiger charge is 2.16.